The monoisotopic (exact) mass is 393 g/mol. The van der Waals surface area contributed by atoms with Crippen molar-refractivity contribution in [3.05, 3.63) is 33.3 Å². The van der Waals surface area contributed by atoms with Gasteiger partial charge in [0.25, 0.3) is 0 Å². The Labute approximate surface area is 158 Å². The maximum atomic E-state index is 6.31. The number of ether oxygens (including phenoxy) is 2. The molecule has 0 atom stereocenters. The van der Waals surface area contributed by atoms with E-state index in [1.807, 2.05) is 26.8 Å². The van der Waals surface area contributed by atoms with Crippen molar-refractivity contribution in [2.24, 2.45) is 5.16 Å². The van der Waals surface area contributed by atoms with Crippen LogP contribution in [0.4, 0.5) is 0 Å². The molecule has 1 aromatic carbocycles. The molecule has 0 amide bonds. The predicted molar refractivity (Wildman–Crippen MR) is 101 cm³/mol. The first-order chi connectivity index (χ1) is 11.4. The first-order valence-electron chi connectivity index (χ1n) is 7.66. The van der Waals surface area contributed by atoms with Gasteiger partial charge < -0.3 is 14.3 Å². The third-order valence-corrected chi connectivity index (χ3v) is 3.43. The standard InChI is InChI=1S/C17H22Cl3NO3/c1-4-13-10-14(22-9-6-16(19)20)11-15(18)17(13)23-7-5-8-24-21-12(2)3/h6,10-11H,4-5,7-9H2,1-3H3. The van der Waals surface area contributed by atoms with Gasteiger partial charge in [-0.05, 0) is 38.0 Å². The lowest BCUT2D eigenvalue weighted by Crippen LogP contribution is -2.04. The van der Waals surface area contributed by atoms with Crippen LogP contribution in [0.1, 0.15) is 32.8 Å². The molecule has 0 saturated heterocycles. The zero-order valence-corrected chi connectivity index (χ0v) is 16.3. The highest BCUT2D eigenvalue weighted by Crippen LogP contribution is 2.34. The van der Waals surface area contributed by atoms with E-state index in [1.165, 1.54) is 0 Å². The summed E-state index contributed by atoms with van der Waals surface area (Å²) in [5, 5.41) is 4.38. The van der Waals surface area contributed by atoms with Gasteiger partial charge in [-0.25, -0.2) is 0 Å². The molecule has 1 rings (SSSR count). The van der Waals surface area contributed by atoms with Crippen LogP contribution in [-0.2, 0) is 11.3 Å². The van der Waals surface area contributed by atoms with Crippen LogP contribution in [0.3, 0.4) is 0 Å². The number of rotatable bonds is 10. The van der Waals surface area contributed by atoms with Gasteiger partial charge in [0.05, 0.1) is 17.3 Å². The van der Waals surface area contributed by atoms with E-state index in [4.69, 9.17) is 49.1 Å². The smallest absolute Gasteiger partial charge is 0.141 e. The number of benzene rings is 1. The minimum Gasteiger partial charge on any atom is -0.492 e. The van der Waals surface area contributed by atoms with Crippen LogP contribution in [0.2, 0.25) is 5.02 Å². The molecule has 0 aliphatic rings. The summed E-state index contributed by atoms with van der Waals surface area (Å²) in [5.41, 5.74) is 1.86. The van der Waals surface area contributed by atoms with Gasteiger partial charge in [0.15, 0.2) is 0 Å². The van der Waals surface area contributed by atoms with Crippen molar-refractivity contribution >= 4 is 40.5 Å². The van der Waals surface area contributed by atoms with Gasteiger partial charge in [0, 0.05) is 12.5 Å². The van der Waals surface area contributed by atoms with Crippen molar-refractivity contribution in [2.45, 2.75) is 33.6 Å². The van der Waals surface area contributed by atoms with Crippen molar-refractivity contribution < 1.29 is 14.3 Å². The molecule has 0 N–H and O–H groups in total. The van der Waals surface area contributed by atoms with E-state index in [-0.39, 0.29) is 11.1 Å². The third-order valence-electron chi connectivity index (χ3n) is 2.84. The van der Waals surface area contributed by atoms with Crippen LogP contribution in [0, 0.1) is 0 Å². The van der Waals surface area contributed by atoms with Gasteiger partial charge in [-0.2, -0.15) is 0 Å². The molecule has 0 radical (unpaired) electrons. The maximum Gasteiger partial charge on any atom is 0.141 e. The SMILES string of the molecule is CCc1cc(OCC=C(Cl)Cl)cc(Cl)c1OCCCON=C(C)C. The minimum atomic E-state index is 0.168. The zero-order chi connectivity index (χ0) is 17.9. The summed E-state index contributed by atoms with van der Waals surface area (Å²) >= 11 is 17.4. The fourth-order valence-electron chi connectivity index (χ4n) is 1.80. The second-order valence-electron chi connectivity index (χ2n) is 5.13. The van der Waals surface area contributed by atoms with Gasteiger partial charge in [-0.15, -0.1) is 0 Å². The number of halogens is 3. The Kier molecular flexibility index (Phi) is 9.99. The van der Waals surface area contributed by atoms with E-state index < -0.39 is 0 Å². The molecule has 0 spiro atoms. The second-order valence-corrected chi connectivity index (χ2v) is 6.54. The van der Waals surface area contributed by atoms with Crippen LogP contribution in [0.5, 0.6) is 11.5 Å². The highest BCUT2D eigenvalue weighted by Gasteiger charge is 2.11. The molecular formula is C17H22Cl3NO3. The van der Waals surface area contributed by atoms with Crippen LogP contribution in [-0.4, -0.2) is 25.5 Å². The first kappa shape index (κ1) is 20.9. The quantitative estimate of drug-likeness (QED) is 0.287. The summed E-state index contributed by atoms with van der Waals surface area (Å²) in [5.74, 6) is 1.32. The van der Waals surface area contributed by atoms with Gasteiger partial charge in [-0.3, -0.25) is 0 Å². The molecular weight excluding hydrogens is 373 g/mol. The average Bonchev–Trinajstić information content (AvgIpc) is 2.51. The van der Waals surface area contributed by atoms with E-state index in [0.29, 0.717) is 36.2 Å². The van der Waals surface area contributed by atoms with Gasteiger partial charge in [-0.1, -0.05) is 46.9 Å². The third kappa shape index (κ3) is 8.13. The molecule has 4 nitrogen and oxygen atoms in total. The summed E-state index contributed by atoms with van der Waals surface area (Å²) in [6.45, 7) is 7.05. The second kappa shape index (κ2) is 11.5. The fraction of sp³-hybridized carbons (Fsp3) is 0.471. The van der Waals surface area contributed by atoms with Crippen molar-refractivity contribution in [2.75, 3.05) is 19.8 Å². The Morgan fingerprint density at radius 1 is 1.17 bits per heavy atom. The van der Waals surface area contributed by atoms with Crippen LogP contribution < -0.4 is 9.47 Å². The molecule has 0 bridgehead atoms. The fourth-order valence-corrected chi connectivity index (χ4v) is 2.21. The van der Waals surface area contributed by atoms with Crippen molar-refractivity contribution in [1.29, 1.82) is 0 Å². The highest BCUT2D eigenvalue weighted by molar-refractivity contribution is 6.55. The summed E-state index contributed by atoms with van der Waals surface area (Å²) in [6, 6.07) is 3.62. The van der Waals surface area contributed by atoms with Gasteiger partial charge in [0.1, 0.15) is 29.2 Å². The largest absolute Gasteiger partial charge is 0.492 e. The molecule has 0 aromatic heterocycles. The molecule has 0 fully saturated rings. The predicted octanol–water partition coefficient (Wildman–Crippen LogP) is 5.78. The molecule has 0 aliphatic carbocycles. The summed E-state index contributed by atoms with van der Waals surface area (Å²) < 4.78 is 11.5. The van der Waals surface area contributed by atoms with E-state index in [0.717, 1.165) is 17.7 Å². The van der Waals surface area contributed by atoms with Crippen molar-refractivity contribution in [3.8, 4) is 11.5 Å². The number of oxime groups is 1. The average molecular weight is 395 g/mol. The van der Waals surface area contributed by atoms with E-state index in [9.17, 15) is 0 Å². The van der Waals surface area contributed by atoms with Gasteiger partial charge in [0.2, 0.25) is 0 Å². The molecule has 1 aromatic rings. The highest BCUT2D eigenvalue weighted by atomic mass is 35.5. The molecule has 0 heterocycles. The van der Waals surface area contributed by atoms with E-state index in [1.54, 1.807) is 12.1 Å². The Bertz CT molecular complexity index is 581. The number of nitrogens with zero attached hydrogens (tertiary/aromatic N) is 1. The number of hydrogen-bond donors (Lipinski definition) is 0. The maximum absolute atomic E-state index is 6.31. The molecule has 0 aliphatic heterocycles. The normalized spacial score (nSPS) is 10.1. The van der Waals surface area contributed by atoms with Crippen LogP contribution >= 0.6 is 34.8 Å². The van der Waals surface area contributed by atoms with E-state index in [2.05, 4.69) is 5.16 Å². The summed E-state index contributed by atoms with van der Waals surface area (Å²) in [4.78, 5) is 5.13. The van der Waals surface area contributed by atoms with Crippen LogP contribution in [0.15, 0.2) is 27.9 Å². The Hall–Kier alpha value is -1.10. The minimum absolute atomic E-state index is 0.168. The zero-order valence-electron chi connectivity index (χ0n) is 14.1. The summed E-state index contributed by atoms with van der Waals surface area (Å²) in [6.07, 6.45) is 3.05. The lowest BCUT2D eigenvalue weighted by Gasteiger charge is -2.14. The molecule has 134 valence electrons. The molecule has 24 heavy (non-hydrogen) atoms. The lowest BCUT2D eigenvalue weighted by atomic mass is 10.1. The molecule has 0 saturated carbocycles. The van der Waals surface area contributed by atoms with Crippen molar-refractivity contribution in [3.63, 3.8) is 0 Å². The summed E-state index contributed by atoms with van der Waals surface area (Å²) in [7, 11) is 0. The molecule has 7 heteroatoms. The Morgan fingerprint density at radius 3 is 2.54 bits per heavy atom. The number of aryl methyl sites for hydroxylation is 1. The first-order valence-corrected chi connectivity index (χ1v) is 8.79. The lowest BCUT2D eigenvalue weighted by molar-refractivity contribution is 0.127. The number of hydrogen-bond acceptors (Lipinski definition) is 4. The van der Waals surface area contributed by atoms with Crippen molar-refractivity contribution in [1.82, 2.24) is 0 Å². The Morgan fingerprint density at radius 2 is 1.92 bits per heavy atom. The van der Waals surface area contributed by atoms with Crippen LogP contribution in [0.25, 0.3) is 0 Å². The van der Waals surface area contributed by atoms with E-state index >= 15 is 0 Å². The topological polar surface area (TPSA) is 40.0 Å². The Balaban J connectivity index is 2.60. The van der Waals surface area contributed by atoms with Gasteiger partial charge >= 0.3 is 0 Å². The molecule has 0 unspecified atom stereocenters.